The summed E-state index contributed by atoms with van der Waals surface area (Å²) in [6.45, 7) is 2.48. The highest BCUT2D eigenvalue weighted by atomic mass is 127. The van der Waals surface area contributed by atoms with Crippen LogP contribution >= 0.6 is 22.6 Å². The first-order valence-corrected chi connectivity index (χ1v) is 8.24. The molecule has 0 aliphatic carbocycles. The molecule has 0 spiro atoms. The fourth-order valence-corrected chi connectivity index (χ4v) is 3.31. The molecule has 0 saturated carbocycles. The highest BCUT2D eigenvalue weighted by molar-refractivity contribution is 14.1. The molecule has 0 fully saturated rings. The van der Waals surface area contributed by atoms with Crippen molar-refractivity contribution in [1.29, 1.82) is 0 Å². The van der Waals surface area contributed by atoms with Crippen LogP contribution in [0.25, 0.3) is 3.58 Å². The predicted octanol–water partition coefficient (Wildman–Crippen LogP) is 4.78. The van der Waals surface area contributed by atoms with Gasteiger partial charge in [0.25, 0.3) is 5.91 Å². The molecule has 3 heteroatoms. The summed E-state index contributed by atoms with van der Waals surface area (Å²) in [6.07, 6.45) is 1.99. The number of hydrogen-bond donors (Lipinski definition) is 0. The van der Waals surface area contributed by atoms with E-state index in [1.807, 2.05) is 66.4 Å². The van der Waals surface area contributed by atoms with Gasteiger partial charge in [-0.2, -0.15) is 0 Å². The first kappa shape index (κ1) is 15.0. The third-order valence-electron chi connectivity index (χ3n) is 3.66. The van der Waals surface area contributed by atoms with Crippen LogP contribution in [0, 0.1) is 0 Å². The van der Waals surface area contributed by atoms with Gasteiger partial charge in [-0.25, -0.2) is 0 Å². The van der Waals surface area contributed by atoms with E-state index in [0.29, 0.717) is 6.54 Å². The molecule has 22 heavy (non-hydrogen) atoms. The van der Waals surface area contributed by atoms with Crippen LogP contribution in [0.15, 0.2) is 78.0 Å². The molecule has 0 aromatic heterocycles. The zero-order valence-corrected chi connectivity index (χ0v) is 14.4. The van der Waals surface area contributed by atoms with Crippen molar-refractivity contribution in [3.8, 4) is 0 Å². The van der Waals surface area contributed by atoms with Gasteiger partial charge in [-0.1, -0.05) is 60.7 Å². The number of carbonyl (C=O) groups is 1. The van der Waals surface area contributed by atoms with E-state index in [1.165, 1.54) is 0 Å². The number of hydrogen-bond acceptors (Lipinski definition) is 1. The van der Waals surface area contributed by atoms with Crippen LogP contribution in [0.1, 0.15) is 18.1 Å². The number of rotatable bonds is 3. The van der Waals surface area contributed by atoms with Gasteiger partial charge in [0.15, 0.2) is 0 Å². The maximum absolute atomic E-state index is 12.5. The molecule has 1 heterocycles. The minimum absolute atomic E-state index is 0.0870. The average Bonchev–Trinajstić information content (AvgIpc) is 2.84. The molecule has 2 nitrogen and oxygen atoms in total. The van der Waals surface area contributed by atoms with Crippen LogP contribution in [0.3, 0.4) is 0 Å². The van der Waals surface area contributed by atoms with Crippen molar-refractivity contribution in [2.75, 3.05) is 0 Å². The van der Waals surface area contributed by atoms with Crippen molar-refractivity contribution in [1.82, 2.24) is 4.90 Å². The van der Waals surface area contributed by atoms with E-state index < -0.39 is 0 Å². The molecule has 0 atom stereocenters. The van der Waals surface area contributed by atoms with E-state index >= 15 is 0 Å². The van der Waals surface area contributed by atoms with Crippen molar-refractivity contribution in [3.05, 3.63) is 89.1 Å². The number of amides is 1. The topological polar surface area (TPSA) is 20.3 Å². The normalized spacial score (nSPS) is 16.7. The van der Waals surface area contributed by atoms with Gasteiger partial charge in [0, 0.05) is 9.15 Å². The SMILES string of the molecule is CC1=C/C(=C(\I)c2ccccc2)N(Cc2ccccc2)C1=O. The summed E-state index contributed by atoms with van der Waals surface area (Å²) in [5, 5.41) is 0. The molecule has 1 amide bonds. The largest absolute Gasteiger partial charge is 0.303 e. The van der Waals surface area contributed by atoms with Crippen molar-refractivity contribution < 1.29 is 4.79 Å². The lowest BCUT2D eigenvalue weighted by molar-refractivity contribution is -0.124. The number of nitrogens with zero attached hydrogens (tertiary/aromatic N) is 1. The zero-order valence-electron chi connectivity index (χ0n) is 12.3. The Kier molecular flexibility index (Phi) is 4.43. The minimum atomic E-state index is 0.0870. The Morgan fingerprint density at radius 3 is 2.23 bits per heavy atom. The lowest BCUT2D eigenvalue weighted by Gasteiger charge is -2.20. The Balaban J connectivity index is 1.99. The van der Waals surface area contributed by atoms with Crippen LogP contribution in [0.2, 0.25) is 0 Å². The van der Waals surface area contributed by atoms with E-state index in [4.69, 9.17) is 0 Å². The molecule has 0 radical (unpaired) electrons. The second-order valence-electron chi connectivity index (χ2n) is 5.27. The van der Waals surface area contributed by atoms with Gasteiger partial charge < -0.3 is 4.90 Å². The Morgan fingerprint density at radius 1 is 1.00 bits per heavy atom. The minimum Gasteiger partial charge on any atom is -0.303 e. The molecule has 0 unspecified atom stereocenters. The molecular weight excluding hydrogens is 385 g/mol. The molecule has 0 N–H and O–H groups in total. The third kappa shape index (κ3) is 2.99. The number of halogens is 1. The van der Waals surface area contributed by atoms with Crippen LogP contribution in [0.5, 0.6) is 0 Å². The van der Waals surface area contributed by atoms with Crippen LogP contribution in [-0.4, -0.2) is 10.8 Å². The van der Waals surface area contributed by atoms with Gasteiger partial charge >= 0.3 is 0 Å². The van der Waals surface area contributed by atoms with Crippen LogP contribution in [-0.2, 0) is 11.3 Å². The zero-order chi connectivity index (χ0) is 15.5. The Labute approximate surface area is 144 Å². The lowest BCUT2D eigenvalue weighted by atomic mass is 10.1. The van der Waals surface area contributed by atoms with E-state index in [1.54, 1.807) is 0 Å². The van der Waals surface area contributed by atoms with E-state index in [0.717, 1.165) is 26.0 Å². The van der Waals surface area contributed by atoms with Gasteiger partial charge in [-0.15, -0.1) is 0 Å². The van der Waals surface area contributed by atoms with Crippen LogP contribution < -0.4 is 0 Å². The van der Waals surface area contributed by atoms with Crippen LogP contribution in [0.4, 0.5) is 0 Å². The smallest absolute Gasteiger partial charge is 0.254 e. The van der Waals surface area contributed by atoms with Crippen molar-refractivity contribution in [2.24, 2.45) is 0 Å². The summed E-state index contributed by atoms with van der Waals surface area (Å²) >= 11 is 2.33. The molecule has 1 aliphatic heterocycles. The number of benzene rings is 2. The number of carbonyl (C=O) groups excluding carboxylic acids is 1. The quantitative estimate of drug-likeness (QED) is 0.678. The van der Waals surface area contributed by atoms with E-state index in [-0.39, 0.29) is 5.91 Å². The molecule has 1 aliphatic rings. The summed E-state index contributed by atoms with van der Waals surface area (Å²) in [4.78, 5) is 14.3. The monoisotopic (exact) mass is 401 g/mol. The summed E-state index contributed by atoms with van der Waals surface area (Å²) in [5.41, 5.74) is 4.04. The highest BCUT2D eigenvalue weighted by Crippen LogP contribution is 2.34. The first-order valence-electron chi connectivity index (χ1n) is 7.16. The predicted molar refractivity (Wildman–Crippen MR) is 98.1 cm³/mol. The van der Waals surface area contributed by atoms with Crippen molar-refractivity contribution in [2.45, 2.75) is 13.5 Å². The summed E-state index contributed by atoms with van der Waals surface area (Å²) in [6, 6.07) is 20.3. The highest BCUT2D eigenvalue weighted by Gasteiger charge is 2.27. The summed E-state index contributed by atoms with van der Waals surface area (Å²) in [7, 11) is 0. The molecule has 3 rings (SSSR count). The maximum atomic E-state index is 12.5. The van der Waals surface area contributed by atoms with Gasteiger partial charge in [-0.05, 0) is 46.7 Å². The molecule has 2 aromatic rings. The molecule has 2 aromatic carbocycles. The van der Waals surface area contributed by atoms with Gasteiger partial charge in [-0.3, -0.25) is 4.79 Å². The Morgan fingerprint density at radius 2 is 1.59 bits per heavy atom. The Bertz CT molecular complexity index is 748. The summed E-state index contributed by atoms with van der Waals surface area (Å²) < 4.78 is 1.10. The second-order valence-corrected chi connectivity index (χ2v) is 6.35. The maximum Gasteiger partial charge on any atom is 0.254 e. The standard InChI is InChI=1S/C19H16INO/c1-14-12-17(18(20)16-10-6-3-7-11-16)21(19(14)22)13-15-8-4-2-5-9-15/h2-12H,13H2,1H3/b18-17+. The summed E-state index contributed by atoms with van der Waals surface area (Å²) in [5.74, 6) is 0.0870. The van der Waals surface area contributed by atoms with Gasteiger partial charge in [0.05, 0.1) is 12.2 Å². The Hall–Kier alpha value is -1.88. The lowest BCUT2D eigenvalue weighted by Crippen LogP contribution is -2.25. The third-order valence-corrected chi connectivity index (χ3v) is 4.84. The number of allylic oxidation sites excluding steroid dienone is 1. The fraction of sp³-hybridized carbons (Fsp3) is 0.105. The molecular formula is C19H16INO. The second kappa shape index (κ2) is 6.48. The van der Waals surface area contributed by atoms with Crippen molar-refractivity contribution >= 4 is 32.1 Å². The molecule has 0 bridgehead atoms. The van der Waals surface area contributed by atoms with E-state index in [9.17, 15) is 4.79 Å². The first-order chi connectivity index (χ1) is 10.7. The van der Waals surface area contributed by atoms with Crippen molar-refractivity contribution in [3.63, 3.8) is 0 Å². The van der Waals surface area contributed by atoms with Gasteiger partial charge in [0.2, 0.25) is 0 Å². The fourth-order valence-electron chi connectivity index (χ4n) is 2.50. The average molecular weight is 401 g/mol. The van der Waals surface area contributed by atoms with E-state index in [2.05, 4.69) is 34.7 Å². The molecule has 110 valence electrons. The molecule has 0 saturated heterocycles. The van der Waals surface area contributed by atoms with Gasteiger partial charge in [0.1, 0.15) is 0 Å².